The quantitative estimate of drug-likeness (QED) is 0.203. The summed E-state index contributed by atoms with van der Waals surface area (Å²) in [6.07, 6.45) is -0.657. The zero-order valence-electron chi connectivity index (χ0n) is 21.6. The number of phenols is 1. The van der Waals surface area contributed by atoms with Crippen molar-refractivity contribution in [1.29, 1.82) is 0 Å². The number of nitrogens with one attached hydrogen (secondary N) is 2. The fourth-order valence-electron chi connectivity index (χ4n) is 3.46. The number of carboxylic acids is 1. The number of non-ortho nitro benzene ring substituents is 1. The Kier molecular flexibility index (Phi) is 8.71. The van der Waals surface area contributed by atoms with E-state index in [-0.39, 0.29) is 57.5 Å². The van der Waals surface area contributed by atoms with Gasteiger partial charge in [-0.15, -0.1) is 0 Å². The first-order valence-electron chi connectivity index (χ1n) is 11.8. The van der Waals surface area contributed by atoms with E-state index >= 15 is 0 Å². The third kappa shape index (κ3) is 7.22. The molecule has 0 aliphatic rings. The minimum atomic E-state index is -1.16. The molecule has 4 N–H and O–H groups in total. The van der Waals surface area contributed by atoms with Gasteiger partial charge >= 0.3 is 5.97 Å². The summed E-state index contributed by atoms with van der Waals surface area (Å²) in [5.74, 6) is -2.79. The number of ether oxygens (including phenoxy) is 2. The molecule has 0 saturated heterocycles. The molecule has 0 saturated carbocycles. The van der Waals surface area contributed by atoms with Gasteiger partial charge in [-0.25, -0.2) is 4.79 Å². The van der Waals surface area contributed by atoms with Gasteiger partial charge in [-0.05, 0) is 64.1 Å². The Morgan fingerprint density at radius 1 is 0.821 bits per heavy atom. The highest BCUT2D eigenvalue weighted by atomic mass is 16.6. The lowest BCUT2D eigenvalue weighted by Crippen LogP contribution is -2.17. The molecule has 12 nitrogen and oxygen atoms in total. The fraction of sp³-hybridized carbons (Fsp3) is 0.222. The van der Waals surface area contributed by atoms with Crippen LogP contribution < -0.4 is 20.1 Å². The highest BCUT2D eigenvalue weighted by Crippen LogP contribution is 2.31. The maximum Gasteiger partial charge on any atom is 0.335 e. The Bertz CT molecular complexity index is 1430. The van der Waals surface area contributed by atoms with Crippen molar-refractivity contribution in [3.05, 3.63) is 81.4 Å². The molecule has 3 rings (SSSR count). The number of hydrogen-bond acceptors (Lipinski definition) is 8. The number of anilines is 2. The van der Waals surface area contributed by atoms with Gasteiger partial charge in [0.15, 0.2) is 0 Å². The van der Waals surface area contributed by atoms with Crippen LogP contribution in [0.15, 0.2) is 54.6 Å². The van der Waals surface area contributed by atoms with Crippen molar-refractivity contribution in [2.45, 2.75) is 39.9 Å². The lowest BCUT2D eigenvalue weighted by Gasteiger charge is -2.16. The number of carbonyl (C=O) groups excluding carboxylic acids is 2. The molecule has 0 aliphatic heterocycles. The minimum absolute atomic E-state index is 0.0188. The summed E-state index contributed by atoms with van der Waals surface area (Å²) in [6, 6.07) is 11.4. The molecule has 0 radical (unpaired) electrons. The smallest absolute Gasteiger partial charge is 0.335 e. The predicted octanol–water partition coefficient (Wildman–Crippen LogP) is 5.08. The number of hydrogen-bond donors (Lipinski definition) is 4. The summed E-state index contributed by atoms with van der Waals surface area (Å²) < 4.78 is 11.2. The number of benzene rings is 3. The first-order chi connectivity index (χ1) is 18.3. The highest BCUT2D eigenvalue weighted by molar-refractivity contribution is 6.09. The van der Waals surface area contributed by atoms with Crippen molar-refractivity contribution >= 4 is 34.8 Å². The molecule has 0 fully saturated rings. The van der Waals surface area contributed by atoms with Crippen molar-refractivity contribution < 1.29 is 39.0 Å². The molecule has 0 bridgehead atoms. The van der Waals surface area contributed by atoms with Crippen molar-refractivity contribution in [3.8, 4) is 17.2 Å². The van der Waals surface area contributed by atoms with Gasteiger partial charge in [0.1, 0.15) is 17.2 Å². The van der Waals surface area contributed by atoms with Crippen LogP contribution in [0.25, 0.3) is 0 Å². The molecule has 0 spiro atoms. The SMILES string of the molecule is CC(C)Oc1cc(C(=O)O)ccc1NC(=O)c1ccc(NC(=O)c2ccc([N+](=O)[O-])cc2OC(C)C)cc1O. The molecular weight excluding hydrogens is 510 g/mol. The normalized spacial score (nSPS) is 10.7. The lowest BCUT2D eigenvalue weighted by atomic mass is 10.1. The van der Waals surface area contributed by atoms with Gasteiger partial charge in [0.2, 0.25) is 0 Å². The largest absolute Gasteiger partial charge is 0.507 e. The topological polar surface area (TPSA) is 177 Å². The second-order valence-corrected chi connectivity index (χ2v) is 8.93. The zero-order chi connectivity index (χ0) is 28.9. The molecule has 12 heteroatoms. The Morgan fingerprint density at radius 2 is 1.44 bits per heavy atom. The fourth-order valence-corrected chi connectivity index (χ4v) is 3.46. The Labute approximate surface area is 223 Å². The Morgan fingerprint density at radius 3 is 2.03 bits per heavy atom. The molecule has 0 atom stereocenters. The number of carboxylic acid groups (broad SMARTS) is 1. The summed E-state index contributed by atoms with van der Waals surface area (Å²) >= 11 is 0. The zero-order valence-corrected chi connectivity index (χ0v) is 21.6. The number of nitro benzene ring substituents is 1. The lowest BCUT2D eigenvalue weighted by molar-refractivity contribution is -0.384. The number of aromatic hydroxyl groups is 1. The van der Waals surface area contributed by atoms with Crippen LogP contribution in [0.3, 0.4) is 0 Å². The molecule has 2 amide bonds. The van der Waals surface area contributed by atoms with Gasteiger partial charge in [-0.2, -0.15) is 0 Å². The van der Waals surface area contributed by atoms with Gasteiger partial charge in [0.05, 0.1) is 45.6 Å². The van der Waals surface area contributed by atoms with E-state index in [2.05, 4.69) is 10.6 Å². The van der Waals surface area contributed by atoms with E-state index in [0.29, 0.717) is 0 Å². The number of nitro groups is 1. The molecule has 0 unspecified atom stereocenters. The Hall–Kier alpha value is -5.13. The minimum Gasteiger partial charge on any atom is -0.507 e. The van der Waals surface area contributed by atoms with Crippen molar-refractivity contribution in [3.63, 3.8) is 0 Å². The number of amides is 2. The van der Waals surface area contributed by atoms with Crippen molar-refractivity contribution in [2.24, 2.45) is 0 Å². The molecule has 39 heavy (non-hydrogen) atoms. The number of nitrogens with zero attached hydrogens (tertiary/aromatic N) is 1. The maximum atomic E-state index is 12.9. The van der Waals surface area contributed by atoms with Crippen LogP contribution in [0.4, 0.5) is 17.1 Å². The van der Waals surface area contributed by atoms with Crippen LogP contribution in [0, 0.1) is 10.1 Å². The third-order valence-corrected chi connectivity index (χ3v) is 5.12. The van der Waals surface area contributed by atoms with E-state index in [9.17, 15) is 34.7 Å². The van der Waals surface area contributed by atoms with Crippen LogP contribution in [-0.2, 0) is 0 Å². The van der Waals surface area contributed by atoms with E-state index < -0.39 is 28.5 Å². The molecule has 3 aromatic rings. The van der Waals surface area contributed by atoms with Gasteiger partial charge in [-0.1, -0.05) is 0 Å². The number of carbonyl (C=O) groups is 3. The van der Waals surface area contributed by atoms with Gasteiger partial charge < -0.3 is 30.3 Å². The summed E-state index contributed by atoms with van der Waals surface area (Å²) in [5.41, 5.74) is 0.00303. The van der Waals surface area contributed by atoms with Crippen LogP contribution >= 0.6 is 0 Å². The van der Waals surface area contributed by atoms with E-state index in [0.717, 1.165) is 6.07 Å². The second-order valence-electron chi connectivity index (χ2n) is 8.93. The second kappa shape index (κ2) is 11.9. The molecule has 204 valence electrons. The van der Waals surface area contributed by atoms with Crippen LogP contribution in [0.1, 0.15) is 58.8 Å². The van der Waals surface area contributed by atoms with E-state index in [4.69, 9.17) is 9.47 Å². The maximum absolute atomic E-state index is 12.9. The summed E-state index contributed by atoms with van der Waals surface area (Å²) in [5, 5.41) is 36.0. The molecule has 0 aliphatic carbocycles. The van der Waals surface area contributed by atoms with E-state index in [1.807, 2.05) is 0 Å². The first-order valence-corrected chi connectivity index (χ1v) is 11.8. The molecular formula is C27H27N3O9. The van der Waals surface area contributed by atoms with Gasteiger partial charge in [-0.3, -0.25) is 19.7 Å². The number of rotatable bonds is 10. The molecule has 3 aromatic carbocycles. The van der Waals surface area contributed by atoms with Gasteiger partial charge in [0, 0.05) is 17.8 Å². The van der Waals surface area contributed by atoms with Crippen LogP contribution in [0.5, 0.6) is 17.2 Å². The van der Waals surface area contributed by atoms with Crippen molar-refractivity contribution in [1.82, 2.24) is 0 Å². The molecule has 0 heterocycles. The van der Waals surface area contributed by atoms with Gasteiger partial charge in [0.25, 0.3) is 17.5 Å². The van der Waals surface area contributed by atoms with E-state index in [1.165, 1.54) is 48.5 Å². The third-order valence-electron chi connectivity index (χ3n) is 5.12. The summed E-state index contributed by atoms with van der Waals surface area (Å²) in [4.78, 5) is 47.6. The number of aromatic carboxylic acids is 1. The Balaban J connectivity index is 1.81. The summed E-state index contributed by atoms with van der Waals surface area (Å²) in [6.45, 7) is 6.90. The van der Waals surface area contributed by atoms with Crippen molar-refractivity contribution in [2.75, 3.05) is 10.6 Å². The average Bonchev–Trinajstić information content (AvgIpc) is 2.84. The van der Waals surface area contributed by atoms with Crippen LogP contribution in [-0.4, -0.2) is 45.1 Å². The monoisotopic (exact) mass is 537 g/mol. The molecule has 0 aromatic heterocycles. The number of phenolic OH excluding ortho intramolecular Hbond substituents is 1. The standard InChI is InChI=1S/C27H27N3O9/c1-14(2)38-23-13-18(30(36)37)7-9-20(23)26(33)28-17-6-8-19(22(31)12-17)25(32)29-21-10-5-16(27(34)35)11-24(21)39-15(3)4/h5-15,31H,1-4H3,(H,28,33)(H,29,32)(H,34,35). The predicted molar refractivity (Wildman–Crippen MR) is 142 cm³/mol. The van der Waals surface area contributed by atoms with E-state index in [1.54, 1.807) is 27.7 Å². The van der Waals surface area contributed by atoms with Crippen LogP contribution in [0.2, 0.25) is 0 Å². The highest BCUT2D eigenvalue weighted by Gasteiger charge is 2.20. The first kappa shape index (κ1) is 28.4. The summed E-state index contributed by atoms with van der Waals surface area (Å²) in [7, 11) is 0. The average molecular weight is 538 g/mol.